The van der Waals surface area contributed by atoms with Crippen molar-refractivity contribution in [3.8, 4) is 5.75 Å². The maximum Gasteiger partial charge on any atom is 0.269 e. The highest BCUT2D eigenvalue weighted by Gasteiger charge is 2.18. The molecule has 0 unspecified atom stereocenters. The number of rotatable bonds is 7. The highest BCUT2D eigenvalue weighted by atomic mass is 16.6. The van der Waals surface area contributed by atoms with Gasteiger partial charge in [-0.05, 0) is 41.8 Å². The first kappa shape index (κ1) is 22.0. The van der Waals surface area contributed by atoms with E-state index in [4.69, 9.17) is 0 Å². The van der Waals surface area contributed by atoms with Crippen molar-refractivity contribution < 1.29 is 10.0 Å². The second kappa shape index (κ2) is 9.59. The first-order chi connectivity index (χ1) is 17.1. The van der Waals surface area contributed by atoms with Crippen molar-refractivity contribution in [2.75, 3.05) is 28.7 Å². The smallest absolute Gasteiger partial charge is 0.269 e. The van der Waals surface area contributed by atoms with E-state index in [9.17, 15) is 15.2 Å². The van der Waals surface area contributed by atoms with E-state index in [1.54, 1.807) is 18.2 Å². The number of hydrazone groups is 1. The lowest BCUT2D eigenvalue weighted by atomic mass is 10.0. The summed E-state index contributed by atoms with van der Waals surface area (Å²) in [6.07, 6.45) is 3.64. The highest BCUT2D eigenvalue weighted by Crippen LogP contribution is 2.26. The van der Waals surface area contributed by atoms with Gasteiger partial charge in [0.2, 0.25) is 17.8 Å². The van der Waals surface area contributed by atoms with Gasteiger partial charge in [-0.1, -0.05) is 30.3 Å². The van der Waals surface area contributed by atoms with Gasteiger partial charge in [-0.15, -0.1) is 0 Å². The Bertz CT molecular complexity index is 1400. The molecule has 3 aromatic carbocycles. The summed E-state index contributed by atoms with van der Waals surface area (Å²) in [6.45, 7) is 1.68. The van der Waals surface area contributed by atoms with Gasteiger partial charge in [-0.25, -0.2) is 5.43 Å². The Labute approximate surface area is 200 Å². The highest BCUT2D eigenvalue weighted by molar-refractivity contribution is 6.02. The number of non-ortho nitro benzene ring substituents is 1. The predicted molar refractivity (Wildman–Crippen MR) is 134 cm³/mol. The van der Waals surface area contributed by atoms with E-state index >= 15 is 0 Å². The molecule has 1 fully saturated rings. The number of fused-ring (bicyclic) bond motifs is 1. The Morgan fingerprint density at radius 2 is 1.71 bits per heavy atom. The van der Waals surface area contributed by atoms with Crippen LogP contribution in [0.15, 0.2) is 65.8 Å². The minimum atomic E-state index is -0.452. The molecule has 0 amide bonds. The largest absolute Gasteiger partial charge is 0.507 e. The molecule has 0 radical (unpaired) electrons. The topological polar surface area (TPSA) is 142 Å². The number of benzene rings is 3. The second-order valence-electron chi connectivity index (χ2n) is 8.00. The van der Waals surface area contributed by atoms with Crippen LogP contribution >= 0.6 is 0 Å². The van der Waals surface area contributed by atoms with Crippen molar-refractivity contribution in [2.24, 2.45) is 5.10 Å². The Balaban J connectivity index is 1.41. The van der Waals surface area contributed by atoms with Crippen LogP contribution < -0.4 is 15.6 Å². The second-order valence-corrected chi connectivity index (χ2v) is 8.00. The number of nitro benzene ring substituents is 1. The number of nitro groups is 1. The monoisotopic (exact) mass is 470 g/mol. The molecule has 2 heterocycles. The molecule has 0 aliphatic carbocycles. The molecule has 11 nitrogen and oxygen atoms in total. The van der Waals surface area contributed by atoms with Crippen molar-refractivity contribution in [2.45, 2.75) is 12.8 Å². The van der Waals surface area contributed by atoms with Crippen LogP contribution in [0.4, 0.5) is 29.2 Å². The van der Waals surface area contributed by atoms with Gasteiger partial charge in [0.05, 0.1) is 11.1 Å². The fraction of sp³-hybridized carbons (Fsp3) is 0.167. The maximum atomic E-state index is 10.9. The molecule has 3 N–H and O–H groups in total. The lowest BCUT2D eigenvalue weighted by Crippen LogP contribution is -2.21. The fourth-order valence-corrected chi connectivity index (χ4v) is 3.90. The predicted octanol–water partition coefficient (Wildman–Crippen LogP) is 4.43. The molecule has 0 bridgehead atoms. The summed E-state index contributed by atoms with van der Waals surface area (Å²) in [5.41, 5.74) is 4.02. The van der Waals surface area contributed by atoms with E-state index in [1.165, 1.54) is 18.3 Å². The minimum Gasteiger partial charge on any atom is -0.507 e. The molecule has 1 aromatic heterocycles. The standard InChI is InChI=1S/C24H22N8O3/c33-21-12-7-16-5-1-2-6-19(16)20(21)15-25-30-23-27-22(28-24(29-23)31-13-3-4-14-31)26-17-8-10-18(11-9-17)32(34)35/h1-2,5-12,15,33H,3-4,13-14H2,(H2,26,27,28,29,30)/b25-15+. The van der Waals surface area contributed by atoms with E-state index in [0.29, 0.717) is 17.2 Å². The molecular weight excluding hydrogens is 448 g/mol. The molecule has 0 atom stereocenters. The van der Waals surface area contributed by atoms with Crippen LogP contribution in [0.1, 0.15) is 18.4 Å². The number of hydrogen-bond acceptors (Lipinski definition) is 10. The Morgan fingerprint density at radius 1 is 0.971 bits per heavy atom. The first-order valence-corrected chi connectivity index (χ1v) is 11.1. The van der Waals surface area contributed by atoms with Crippen LogP contribution in [-0.2, 0) is 0 Å². The number of aromatic hydroxyl groups is 1. The number of hydrogen-bond donors (Lipinski definition) is 3. The normalized spacial score (nSPS) is 13.4. The number of anilines is 4. The Kier molecular flexibility index (Phi) is 6.03. The summed E-state index contributed by atoms with van der Waals surface area (Å²) in [5, 5.41) is 30.4. The number of aromatic nitrogens is 3. The van der Waals surface area contributed by atoms with Gasteiger partial charge in [-0.2, -0.15) is 20.1 Å². The molecular formula is C24H22N8O3. The lowest BCUT2D eigenvalue weighted by molar-refractivity contribution is -0.384. The van der Waals surface area contributed by atoms with Gasteiger partial charge in [-0.3, -0.25) is 10.1 Å². The Hall–Kier alpha value is -4.80. The molecule has 4 aromatic rings. The van der Waals surface area contributed by atoms with E-state index in [-0.39, 0.29) is 23.3 Å². The number of phenolic OH excluding ortho intramolecular Hbond substituents is 1. The molecule has 0 saturated carbocycles. The van der Waals surface area contributed by atoms with Crippen LogP contribution in [0, 0.1) is 10.1 Å². The van der Waals surface area contributed by atoms with Gasteiger partial charge in [0.1, 0.15) is 5.75 Å². The average Bonchev–Trinajstić information content (AvgIpc) is 3.41. The van der Waals surface area contributed by atoms with Crippen molar-refractivity contribution in [1.82, 2.24) is 15.0 Å². The molecule has 1 aliphatic rings. The van der Waals surface area contributed by atoms with Crippen LogP contribution in [0.5, 0.6) is 5.75 Å². The number of phenols is 1. The molecule has 176 valence electrons. The quantitative estimate of drug-likeness (QED) is 0.203. The molecule has 0 spiro atoms. The maximum absolute atomic E-state index is 10.9. The fourth-order valence-electron chi connectivity index (χ4n) is 3.90. The van der Waals surface area contributed by atoms with Gasteiger partial charge < -0.3 is 15.3 Å². The zero-order valence-corrected chi connectivity index (χ0v) is 18.6. The molecule has 35 heavy (non-hydrogen) atoms. The third-order valence-electron chi connectivity index (χ3n) is 5.65. The molecule has 1 saturated heterocycles. The molecule has 1 aliphatic heterocycles. The minimum absolute atomic E-state index is 0.00247. The van der Waals surface area contributed by atoms with Gasteiger partial charge in [0.15, 0.2) is 0 Å². The zero-order valence-electron chi connectivity index (χ0n) is 18.6. The SMILES string of the molecule is O=[N+]([O-])c1ccc(Nc2nc(N/N=C/c3c(O)ccc4ccccc34)nc(N3CCCC3)n2)cc1. The van der Waals surface area contributed by atoms with Crippen molar-refractivity contribution >= 4 is 46.2 Å². The van der Waals surface area contributed by atoms with E-state index in [1.807, 2.05) is 30.3 Å². The van der Waals surface area contributed by atoms with E-state index < -0.39 is 4.92 Å². The van der Waals surface area contributed by atoms with Crippen molar-refractivity contribution in [1.29, 1.82) is 0 Å². The van der Waals surface area contributed by atoms with Crippen LogP contribution in [-0.4, -0.2) is 44.3 Å². The lowest BCUT2D eigenvalue weighted by Gasteiger charge is -2.16. The number of nitrogens with zero attached hydrogens (tertiary/aromatic N) is 6. The van der Waals surface area contributed by atoms with Gasteiger partial charge in [0, 0.05) is 36.5 Å². The average molecular weight is 470 g/mol. The summed E-state index contributed by atoms with van der Waals surface area (Å²) in [5.74, 6) is 1.12. The van der Waals surface area contributed by atoms with Gasteiger partial charge >= 0.3 is 0 Å². The van der Waals surface area contributed by atoms with Crippen molar-refractivity contribution in [3.63, 3.8) is 0 Å². The Morgan fingerprint density at radius 3 is 2.49 bits per heavy atom. The third kappa shape index (κ3) is 4.93. The summed E-state index contributed by atoms with van der Waals surface area (Å²) < 4.78 is 0. The van der Waals surface area contributed by atoms with Crippen LogP contribution in [0.2, 0.25) is 0 Å². The molecule has 5 rings (SSSR count). The zero-order chi connectivity index (χ0) is 24.2. The summed E-state index contributed by atoms with van der Waals surface area (Å²) in [4.78, 5) is 25.9. The van der Waals surface area contributed by atoms with Crippen LogP contribution in [0.25, 0.3) is 10.8 Å². The first-order valence-electron chi connectivity index (χ1n) is 11.1. The van der Waals surface area contributed by atoms with E-state index in [0.717, 1.165) is 36.7 Å². The van der Waals surface area contributed by atoms with Crippen LogP contribution in [0.3, 0.4) is 0 Å². The molecule has 11 heteroatoms. The summed E-state index contributed by atoms with van der Waals surface area (Å²) in [7, 11) is 0. The third-order valence-corrected chi connectivity index (χ3v) is 5.65. The van der Waals surface area contributed by atoms with Crippen molar-refractivity contribution in [3.05, 3.63) is 76.3 Å². The number of nitrogens with one attached hydrogen (secondary N) is 2. The van der Waals surface area contributed by atoms with E-state index in [2.05, 4.69) is 35.7 Å². The summed E-state index contributed by atoms with van der Waals surface area (Å²) in [6, 6.07) is 17.2. The van der Waals surface area contributed by atoms with Gasteiger partial charge in [0.25, 0.3) is 5.69 Å². The summed E-state index contributed by atoms with van der Waals surface area (Å²) >= 11 is 0.